The Morgan fingerprint density at radius 3 is 2.75 bits per heavy atom. The van der Waals surface area contributed by atoms with Crippen LogP contribution in [0.3, 0.4) is 0 Å². The SMILES string of the molecule is O=c1cc(C(F)(F)F)cc(-c2cccc3c2OCC3)[nH]1. The van der Waals surface area contributed by atoms with Gasteiger partial charge in [0.25, 0.3) is 0 Å². The minimum absolute atomic E-state index is 0.114. The van der Waals surface area contributed by atoms with E-state index in [2.05, 4.69) is 4.98 Å². The Labute approximate surface area is 112 Å². The van der Waals surface area contributed by atoms with Crippen molar-refractivity contribution in [3.63, 3.8) is 0 Å². The number of ether oxygens (including phenoxy) is 1. The van der Waals surface area contributed by atoms with Crippen LogP contribution in [0.2, 0.25) is 0 Å². The normalized spacial score (nSPS) is 13.9. The van der Waals surface area contributed by atoms with Crippen LogP contribution >= 0.6 is 0 Å². The van der Waals surface area contributed by atoms with Gasteiger partial charge >= 0.3 is 6.18 Å². The smallest absolute Gasteiger partial charge is 0.416 e. The van der Waals surface area contributed by atoms with E-state index in [1.54, 1.807) is 12.1 Å². The second-order valence-corrected chi connectivity index (χ2v) is 4.54. The second kappa shape index (κ2) is 4.40. The van der Waals surface area contributed by atoms with Crippen molar-refractivity contribution >= 4 is 0 Å². The standard InChI is InChI=1S/C14H10F3NO2/c15-14(16,17)9-6-11(18-12(19)7-9)10-3-1-2-8-4-5-20-13(8)10/h1-3,6-7H,4-5H2,(H,18,19). The Bertz CT molecular complexity index is 719. The molecule has 0 amide bonds. The summed E-state index contributed by atoms with van der Waals surface area (Å²) in [7, 11) is 0. The molecule has 3 rings (SSSR count). The molecule has 0 bridgehead atoms. The number of halogens is 3. The summed E-state index contributed by atoms with van der Waals surface area (Å²) in [6.07, 6.45) is -3.84. The first-order chi connectivity index (χ1) is 9.45. The molecule has 1 aromatic carbocycles. The van der Waals surface area contributed by atoms with Crippen molar-refractivity contribution < 1.29 is 17.9 Å². The van der Waals surface area contributed by atoms with E-state index in [1.165, 1.54) is 0 Å². The number of fused-ring (bicyclic) bond motifs is 1. The Morgan fingerprint density at radius 2 is 2.00 bits per heavy atom. The molecule has 6 heteroatoms. The summed E-state index contributed by atoms with van der Waals surface area (Å²) in [6.45, 7) is 0.496. The fraction of sp³-hybridized carbons (Fsp3) is 0.214. The van der Waals surface area contributed by atoms with Gasteiger partial charge in [0.2, 0.25) is 5.56 Å². The minimum atomic E-state index is -4.55. The third kappa shape index (κ3) is 2.17. The molecule has 1 aliphatic heterocycles. The van der Waals surface area contributed by atoms with Gasteiger partial charge in [0.15, 0.2) is 0 Å². The molecular weight excluding hydrogens is 271 g/mol. The molecule has 0 saturated heterocycles. The Morgan fingerprint density at radius 1 is 1.20 bits per heavy atom. The van der Waals surface area contributed by atoms with Gasteiger partial charge in [-0.05, 0) is 17.7 Å². The van der Waals surface area contributed by atoms with Crippen LogP contribution in [0.5, 0.6) is 5.75 Å². The van der Waals surface area contributed by atoms with E-state index in [0.29, 0.717) is 30.4 Å². The van der Waals surface area contributed by atoms with Gasteiger partial charge in [0.1, 0.15) is 5.75 Å². The number of H-pyrrole nitrogens is 1. The number of para-hydroxylation sites is 1. The van der Waals surface area contributed by atoms with Crippen molar-refractivity contribution in [3.8, 4) is 17.0 Å². The molecule has 2 aromatic rings. The molecule has 104 valence electrons. The van der Waals surface area contributed by atoms with Crippen LogP contribution in [0.25, 0.3) is 11.3 Å². The number of alkyl halides is 3. The Hall–Kier alpha value is -2.24. The molecule has 0 saturated carbocycles. The molecule has 3 nitrogen and oxygen atoms in total. The third-order valence-corrected chi connectivity index (χ3v) is 3.18. The number of benzene rings is 1. The van der Waals surface area contributed by atoms with Crippen LogP contribution in [0.4, 0.5) is 13.2 Å². The molecular formula is C14H10F3NO2. The first-order valence-electron chi connectivity index (χ1n) is 6.02. The summed E-state index contributed by atoms with van der Waals surface area (Å²) in [6, 6.07) is 6.71. The van der Waals surface area contributed by atoms with Gasteiger partial charge in [-0.25, -0.2) is 0 Å². The predicted octanol–water partition coefficient (Wildman–Crippen LogP) is 3.00. The highest BCUT2D eigenvalue weighted by molar-refractivity contribution is 5.70. The molecule has 1 aromatic heterocycles. The monoisotopic (exact) mass is 281 g/mol. The van der Waals surface area contributed by atoms with Gasteiger partial charge in [-0.1, -0.05) is 12.1 Å². The number of aromatic amines is 1. The molecule has 1 N–H and O–H groups in total. The van der Waals surface area contributed by atoms with Crippen LogP contribution in [-0.4, -0.2) is 11.6 Å². The van der Waals surface area contributed by atoms with Crippen LogP contribution in [-0.2, 0) is 12.6 Å². The number of hydrogen-bond acceptors (Lipinski definition) is 2. The van der Waals surface area contributed by atoms with Crippen molar-refractivity contribution in [2.24, 2.45) is 0 Å². The van der Waals surface area contributed by atoms with Crippen molar-refractivity contribution in [2.75, 3.05) is 6.61 Å². The fourth-order valence-corrected chi connectivity index (χ4v) is 2.28. The molecule has 0 aliphatic carbocycles. The van der Waals surface area contributed by atoms with Crippen molar-refractivity contribution in [1.29, 1.82) is 0 Å². The van der Waals surface area contributed by atoms with Gasteiger partial charge in [-0.2, -0.15) is 13.2 Å². The fourth-order valence-electron chi connectivity index (χ4n) is 2.28. The lowest BCUT2D eigenvalue weighted by atomic mass is 10.0. The van der Waals surface area contributed by atoms with E-state index in [4.69, 9.17) is 4.74 Å². The van der Waals surface area contributed by atoms with Crippen LogP contribution in [0, 0.1) is 0 Å². The summed E-state index contributed by atoms with van der Waals surface area (Å²) in [4.78, 5) is 13.9. The van der Waals surface area contributed by atoms with Crippen LogP contribution in [0.1, 0.15) is 11.1 Å². The maximum atomic E-state index is 12.8. The van der Waals surface area contributed by atoms with Crippen molar-refractivity contribution in [1.82, 2.24) is 4.98 Å². The van der Waals surface area contributed by atoms with Crippen molar-refractivity contribution in [2.45, 2.75) is 12.6 Å². The highest BCUT2D eigenvalue weighted by atomic mass is 19.4. The first kappa shape index (κ1) is 12.8. The number of nitrogens with one attached hydrogen (secondary N) is 1. The summed E-state index contributed by atoms with van der Waals surface area (Å²) in [5.41, 5.74) is -0.232. The number of rotatable bonds is 1. The summed E-state index contributed by atoms with van der Waals surface area (Å²) in [5.74, 6) is 0.544. The summed E-state index contributed by atoms with van der Waals surface area (Å²) in [5, 5.41) is 0. The zero-order valence-electron chi connectivity index (χ0n) is 10.3. The topological polar surface area (TPSA) is 42.1 Å². The van der Waals surface area contributed by atoms with E-state index < -0.39 is 17.3 Å². The molecule has 2 heterocycles. The Kier molecular flexibility index (Phi) is 2.81. The maximum absolute atomic E-state index is 12.8. The van der Waals surface area contributed by atoms with Crippen LogP contribution < -0.4 is 10.3 Å². The molecule has 20 heavy (non-hydrogen) atoms. The van der Waals surface area contributed by atoms with E-state index in [-0.39, 0.29) is 5.69 Å². The van der Waals surface area contributed by atoms with Gasteiger partial charge in [-0.3, -0.25) is 4.79 Å². The van der Waals surface area contributed by atoms with Gasteiger partial charge in [-0.15, -0.1) is 0 Å². The molecule has 1 aliphatic rings. The Balaban J connectivity index is 2.19. The zero-order chi connectivity index (χ0) is 14.3. The molecule has 0 atom stereocenters. The van der Waals surface area contributed by atoms with Gasteiger partial charge < -0.3 is 9.72 Å². The van der Waals surface area contributed by atoms with E-state index in [1.807, 2.05) is 6.07 Å². The largest absolute Gasteiger partial charge is 0.492 e. The van der Waals surface area contributed by atoms with E-state index in [9.17, 15) is 18.0 Å². The first-order valence-corrected chi connectivity index (χ1v) is 6.02. The number of pyridine rings is 1. The lowest BCUT2D eigenvalue weighted by Crippen LogP contribution is -2.13. The molecule has 0 unspecified atom stereocenters. The lowest BCUT2D eigenvalue weighted by molar-refractivity contribution is -0.137. The van der Waals surface area contributed by atoms with E-state index >= 15 is 0 Å². The average Bonchev–Trinajstić information content (AvgIpc) is 2.84. The summed E-state index contributed by atoms with van der Waals surface area (Å²) >= 11 is 0. The van der Waals surface area contributed by atoms with Gasteiger partial charge in [0.05, 0.1) is 17.9 Å². The number of hydrogen-bond donors (Lipinski definition) is 1. The average molecular weight is 281 g/mol. The van der Waals surface area contributed by atoms with Gasteiger partial charge in [0, 0.05) is 18.1 Å². The molecule has 0 fully saturated rings. The lowest BCUT2D eigenvalue weighted by Gasteiger charge is -2.11. The summed E-state index contributed by atoms with van der Waals surface area (Å²) < 4.78 is 43.7. The minimum Gasteiger partial charge on any atom is -0.492 e. The highest BCUT2D eigenvalue weighted by Crippen LogP contribution is 2.37. The third-order valence-electron chi connectivity index (χ3n) is 3.18. The van der Waals surface area contributed by atoms with Crippen LogP contribution in [0.15, 0.2) is 35.1 Å². The predicted molar refractivity (Wildman–Crippen MR) is 66.7 cm³/mol. The van der Waals surface area contributed by atoms with E-state index in [0.717, 1.165) is 11.6 Å². The van der Waals surface area contributed by atoms with Crippen molar-refractivity contribution in [3.05, 3.63) is 51.8 Å². The number of aromatic nitrogens is 1. The molecule has 0 spiro atoms. The molecule has 0 radical (unpaired) electrons. The highest BCUT2D eigenvalue weighted by Gasteiger charge is 2.32. The zero-order valence-corrected chi connectivity index (χ0v) is 10.3. The second-order valence-electron chi connectivity index (χ2n) is 4.54. The quantitative estimate of drug-likeness (QED) is 0.873. The maximum Gasteiger partial charge on any atom is 0.416 e.